The molecule has 1 aliphatic heterocycles. The minimum absolute atomic E-state index is 0.227. The smallest absolute Gasteiger partial charge is 0.326 e. The van der Waals surface area contributed by atoms with Crippen LogP contribution in [0.4, 0.5) is 5.69 Å². The number of aliphatic carboxylic acids is 1. The minimum atomic E-state index is -0.799. The molecule has 1 aromatic rings. The van der Waals surface area contributed by atoms with E-state index in [2.05, 4.69) is 11.1 Å². The van der Waals surface area contributed by atoms with Crippen LogP contribution in [0.5, 0.6) is 0 Å². The summed E-state index contributed by atoms with van der Waals surface area (Å²) in [6.45, 7) is 0. The number of nitrogens with zero attached hydrogens (tertiary/aromatic N) is 3. The predicted molar refractivity (Wildman–Crippen MR) is 77.8 cm³/mol. The van der Waals surface area contributed by atoms with Crippen molar-refractivity contribution in [2.75, 3.05) is 4.90 Å². The van der Waals surface area contributed by atoms with Crippen LogP contribution < -0.4 is 4.90 Å². The van der Waals surface area contributed by atoms with Gasteiger partial charge in [-0.15, -0.1) is 0 Å². The molecule has 110 valence electrons. The van der Waals surface area contributed by atoms with Crippen molar-refractivity contribution >= 4 is 11.7 Å². The van der Waals surface area contributed by atoms with E-state index in [0.717, 1.165) is 25.7 Å². The summed E-state index contributed by atoms with van der Waals surface area (Å²) in [6.07, 6.45) is 9.38. The number of rotatable bonds is 2. The van der Waals surface area contributed by atoms with Crippen molar-refractivity contribution in [2.45, 2.75) is 50.6 Å². The molecule has 3 rings (SSSR count). The number of carboxylic acid groups (broad SMARTS) is 1. The van der Waals surface area contributed by atoms with Gasteiger partial charge in [-0.25, -0.2) is 4.79 Å². The quantitative estimate of drug-likeness (QED) is 0.903. The molecule has 3 unspecified atom stereocenters. The number of carboxylic acids is 1. The fraction of sp³-hybridized carbons (Fsp3) is 0.562. The monoisotopic (exact) mass is 285 g/mol. The van der Waals surface area contributed by atoms with E-state index in [1.165, 1.54) is 6.42 Å². The van der Waals surface area contributed by atoms with Crippen LogP contribution in [0.15, 0.2) is 18.5 Å². The van der Waals surface area contributed by atoms with Crippen LogP contribution in [0.1, 0.15) is 44.1 Å². The second-order valence-electron chi connectivity index (χ2n) is 5.96. The molecular formula is C16H19N3O2. The Morgan fingerprint density at radius 1 is 1.33 bits per heavy atom. The van der Waals surface area contributed by atoms with Crippen LogP contribution in [-0.4, -0.2) is 28.1 Å². The molecule has 0 aromatic carbocycles. The van der Waals surface area contributed by atoms with Crippen molar-refractivity contribution in [3.8, 4) is 6.07 Å². The average Bonchev–Trinajstić information content (AvgIpc) is 2.53. The largest absolute Gasteiger partial charge is 0.480 e. The highest BCUT2D eigenvalue weighted by atomic mass is 16.4. The number of hydrogen-bond donors (Lipinski definition) is 1. The molecule has 1 aromatic heterocycles. The zero-order valence-electron chi connectivity index (χ0n) is 11.9. The standard InChI is InChI=1S/C16H19N3O2/c17-9-12-7-8-18-10-15(12)19-13-4-2-1-3-11(13)5-6-14(19)16(20)21/h7-8,10-11,13-14H,1-6H2,(H,20,21). The molecule has 0 spiro atoms. The van der Waals surface area contributed by atoms with Gasteiger partial charge in [0, 0.05) is 12.2 Å². The summed E-state index contributed by atoms with van der Waals surface area (Å²) in [5.41, 5.74) is 1.20. The second kappa shape index (κ2) is 5.72. The Kier molecular flexibility index (Phi) is 3.78. The van der Waals surface area contributed by atoms with E-state index < -0.39 is 12.0 Å². The van der Waals surface area contributed by atoms with E-state index in [1.807, 2.05) is 4.90 Å². The van der Waals surface area contributed by atoms with Crippen LogP contribution in [0.3, 0.4) is 0 Å². The molecule has 2 heterocycles. The highest BCUT2D eigenvalue weighted by Gasteiger charge is 2.42. The summed E-state index contributed by atoms with van der Waals surface area (Å²) in [6, 6.07) is 3.53. The molecule has 1 saturated heterocycles. The predicted octanol–water partition coefficient (Wildman–Crippen LogP) is 2.57. The molecule has 5 heteroatoms. The van der Waals surface area contributed by atoms with Crippen molar-refractivity contribution in [1.29, 1.82) is 5.26 Å². The summed E-state index contributed by atoms with van der Waals surface area (Å²) < 4.78 is 0. The lowest BCUT2D eigenvalue weighted by Crippen LogP contribution is -2.55. The van der Waals surface area contributed by atoms with Crippen molar-refractivity contribution in [3.05, 3.63) is 24.0 Å². The zero-order chi connectivity index (χ0) is 14.8. The lowest BCUT2D eigenvalue weighted by atomic mass is 9.76. The SMILES string of the molecule is N#Cc1ccncc1N1C(C(=O)O)CCC2CCCCC21. The summed E-state index contributed by atoms with van der Waals surface area (Å²) in [5.74, 6) is -0.257. The van der Waals surface area contributed by atoms with Crippen molar-refractivity contribution in [1.82, 2.24) is 4.98 Å². The number of aromatic nitrogens is 1. The first-order valence-electron chi connectivity index (χ1n) is 7.57. The maximum absolute atomic E-state index is 11.7. The third-order valence-electron chi connectivity index (χ3n) is 4.86. The van der Waals surface area contributed by atoms with Gasteiger partial charge in [0.15, 0.2) is 0 Å². The van der Waals surface area contributed by atoms with E-state index >= 15 is 0 Å². The zero-order valence-corrected chi connectivity index (χ0v) is 11.9. The Morgan fingerprint density at radius 3 is 2.90 bits per heavy atom. The number of hydrogen-bond acceptors (Lipinski definition) is 4. The third-order valence-corrected chi connectivity index (χ3v) is 4.86. The first-order chi connectivity index (χ1) is 10.2. The number of carbonyl (C=O) groups is 1. The summed E-state index contributed by atoms with van der Waals surface area (Å²) in [4.78, 5) is 17.8. The summed E-state index contributed by atoms with van der Waals surface area (Å²) in [7, 11) is 0. The maximum atomic E-state index is 11.7. The van der Waals surface area contributed by atoms with Gasteiger partial charge in [-0.3, -0.25) is 4.98 Å². The number of piperidine rings is 1. The van der Waals surface area contributed by atoms with Gasteiger partial charge in [-0.05, 0) is 37.7 Å². The molecule has 2 aliphatic rings. The molecule has 0 bridgehead atoms. The Balaban J connectivity index is 2.04. The second-order valence-corrected chi connectivity index (χ2v) is 5.96. The van der Waals surface area contributed by atoms with Crippen LogP contribution in [0.25, 0.3) is 0 Å². The van der Waals surface area contributed by atoms with E-state index in [4.69, 9.17) is 0 Å². The molecule has 1 saturated carbocycles. The topological polar surface area (TPSA) is 77.2 Å². The summed E-state index contributed by atoms with van der Waals surface area (Å²) >= 11 is 0. The molecule has 5 nitrogen and oxygen atoms in total. The molecule has 0 amide bonds. The number of anilines is 1. The molecule has 1 aliphatic carbocycles. The molecule has 2 fully saturated rings. The molecule has 21 heavy (non-hydrogen) atoms. The van der Waals surface area contributed by atoms with Gasteiger partial charge in [0.1, 0.15) is 12.1 Å². The highest BCUT2D eigenvalue weighted by molar-refractivity contribution is 5.80. The molecule has 3 atom stereocenters. The number of fused-ring (bicyclic) bond motifs is 1. The summed E-state index contributed by atoms with van der Waals surface area (Å²) in [5, 5.41) is 18.9. The average molecular weight is 285 g/mol. The molecule has 1 N–H and O–H groups in total. The van der Waals surface area contributed by atoms with Gasteiger partial charge in [-0.2, -0.15) is 5.26 Å². The van der Waals surface area contributed by atoms with Gasteiger partial charge < -0.3 is 10.0 Å². The van der Waals surface area contributed by atoms with Crippen LogP contribution in [0, 0.1) is 17.2 Å². The Morgan fingerprint density at radius 2 is 2.14 bits per heavy atom. The van der Waals surface area contributed by atoms with Crippen molar-refractivity contribution in [2.24, 2.45) is 5.92 Å². The molecule has 0 radical (unpaired) electrons. The van der Waals surface area contributed by atoms with Gasteiger partial charge in [0.2, 0.25) is 0 Å². The van der Waals surface area contributed by atoms with Crippen LogP contribution >= 0.6 is 0 Å². The van der Waals surface area contributed by atoms with Gasteiger partial charge in [0.25, 0.3) is 0 Å². The first kappa shape index (κ1) is 13.9. The normalized spacial score (nSPS) is 28.5. The van der Waals surface area contributed by atoms with E-state index in [1.54, 1.807) is 18.5 Å². The fourth-order valence-corrected chi connectivity index (χ4v) is 3.91. The van der Waals surface area contributed by atoms with Crippen molar-refractivity contribution < 1.29 is 9.90 Å². The van der Waals surface area contributed by atoms with Crippen LogP contribution in [0.2, 0.25) is 0 Å². The van der Waals surface area contributed by atoms with Gasteiger partial charge in [0.05, 0.1) is 17.4 Å². The fourth-order valence-electron chi connectivity index (χ4n) is 3.91. The third kappa shape index (κ3) is 2.46. The molecular weight excluding hydrogens is 266 g/mol. The highest BCUT2D eigenvalue weighted by Crippen LogP contribution is 2.41. The first-order valence-corrected chi connectivity index (χ1v) is 7.57. The van der Waals surface area contributed by atoms with Crippen LogP contribution in [-0.2, 0) is 4.79 Å². The minimum Gasteiger partial charge on any atom is -0.480 e. The van der Waals surface area contributed by atoms with Gasteiger partial charge >= 0.3 is 5.97 Å². The van der Waals surface area contributed by atoms with E-state index in [0.29, 0.717) is 23.6 Å². The Labute approximate surface area is 124 Å². The lowest BCUT2D eigenvalue weighted by Gasteiger charge is -2.48. The maximum Gasteiger partial charge on any atom is 0.326 e. The number of nitriles is 1. The van der Waals surface area contributed by atoms with E-state index in [9.17, 15) is 15.2 Å². The van der Waals surface area contributed by atoms with E-state index in [-0.39, 0.29) is 6.04 Å². The Bertz CT molecular complexity index is 581. The van der Waals surface area contributed by atoms with Crippen molar-refractivity contribution in [3.63, 3.8) is 0 Å². The Hall–Kier alpha value is -2.09. The lowest BCUT2D eigenvalue weighted by molar-refractivity contribution is -0.139. The number of pyridine rings is 1. The van der Waals surface area contributed by atoms with Gasteiger partial charge in [-0.1, -0.05) is 12.8 Å².